The molecule has 9 heteroatoms. The number of carbonyl (C=O) groups is 1. The van der Waals surface area contributed by atoms with Gasteiger partial charge in [-0.15, -0.1) is 10.2 Å². The van der Waals surface area contributed by atoms with Gasteiger partial charge in [-0.1, -0.05) is 11.6 Å². The quantitative estimate of drug-likeness (QED) is 0.765. The lowest BCUT2D eigenvalue weighted by molar-refractivity contribution is -0.117. The van der Waals surface area contributed by atoms with E-state index < -0.39 is 0 Å². The molecule has 0 aliphatic rings. The van der Waals surface area contributed by atoms with Crippen molar-refractivity contribution < 1.29 is 9.53 Å². The van der Waals surface area contributed by atoms with Gasteiger partial charge < -0.3 is 10.1 Å². The van der Waals surface area contributed by atoms with Crippen LogP contribution in [0, 0.1) is 0 Å². The third-order valence-corrected chi connectivity index (χ3v) is 3.87. The Bertz CT molecular complexity index is 818. The Labute approximate surface area is 140 Å². The van der Waals surface area contributed by atoms with Crippen LogP contribution in [0.15, 0.2) is 35.0 Å². The highest BCUT2D eigenvalue weighted by molar-refractivity contribution is 7.08. The van der Waals surface area contributed by atoms with E-state index in [9.17, 15) is 4.79 Å². The van der Waals surface area contributed by atoms with Crippen molar-refractivity contribution in [3.05, 3.63) is 40.0 Å². The minimum absolute atomic E-state index is 0.0627. The number of halogens is 1. The van der Waals surface area contributed by atoms with Crippen LogP contribution in [0.4, 0.5) is 5.69 Å². The Kier molecular flexibility index (Phi) is 4.54. The summed E-state index contributed by atoms with van der Waals surface area (Å²) in [4.78, 5) is 13.4. The first-order valence-electron chi connectivity index (χ1n) is 6.59. The largest absolute Gasteiger partial charge is 0.495 e. The minimum Gasteiger partial charge on any atom is -0.495 e. The third-order valence-electron chi connectivity index (χ3n) is 2.95. The molecular formula is C14H12ClN5O2S. The maximum absolute atomic E-state index is 12.1. The number of benzene rings is 1. The molecule has 118 valence electrons. The molecule has 1 aromatic carbocycles. The lowest BCUT2D eigenvalue weighted by atomic mass is 10.3. The van der Waals surface area contributed by atoms with Crippen molar-refractivity contribution in [2.24, 2.45) is 0 Å². The number of tetrazole rings is 1. The summed E-state index contributed by atoms with van der Waals surface area (Å²) >= 11 is 7.47. The summed E-state index contributed by atoms with van der Waals surface area (Å²) in [6.45, 7) is -0.0627. The van der Waals surface area contributed by atoms with E-state index in [-0.39, 0.29) is 12.5 Å². The van der Waals surface area contributed by atoms with Crippen molar-refractivity contribution in [1.29, 1.82) is 0 Å². The van der Waals surface area contributed by atoms with Crippen LogP contribution < -0.4 is 10.1 Å². The van der Waals surface area contributed by atoms with Gasteiger partial charge in [-0.3, -0.25) is 4.79 Å². The number of hydrogen-bond acceptors (Lipinski definition) is 6. The Balaban J connectivity index is 1.69. The molecule has 3 aromatic rings. The third kappa shape index (κ3) is 3.66. The highest BCUT2D eigenvalue weighted by Crippen LogP contribution is 2.27. The molecule has 0 atom stereocenters. The lowest BCUT2D eigenvalue weighted by Crippen LogP contribution is -2.20. The van der Waals surface area contributed by atoms with E-state index in [2.05, 4.69) is 20.7 Å². The molecule has 3 rings (SSSR count). The Hall–Kier alpha value is -2.45. The summed E-state index contributed by atoms with van der Waals surface area (Å²) in [6.07, 6.45) is 0. The van der Waals surface area contributed by atoms with Gasteiger partial charge in [0, 0.05) is 16.0 Å². The molecule has 0 aliphatic carbocycles. The van der Waals surface area contributed by atoms with Crippen molar-refractivity contribution >= 4 is 34.5 Å². The first-order chi connectivity index (χ1) is 11.2. The monoisotopic (exact) mass is 349 g/mol. The first kappa shape index (κ1) is 15.4. The van der Waals surface area contributed by atoms with Gasteiger partial charge in [-0.25, -0.2) is 0 Å². The summed E-state index contributed by atoms with van der Waals surface area (Å²) in [5.74, 6) is 0.701. The number of carbonyl (C=O) groups excluding carboxylic acids is 1. The molecule has 0 fully saturated rings. The average molecular weight is 350 g/mol. The van der Waals surface area contributed by atoms with Gasteiger partial charge in [-0.05, 0) is 34.9 Å². The highest BCUT2D eigenvalue weighted by Gasteiger charge is 2.12. The number of ether oxygens (including phenoxy) is 1. The van der Waals surface area contributed by atoms with E-state index in [0.29, 0.717) is 22.3 Å². The van der Waals surface area contributed by atoms with Gasteiger partial charge in [0.15, 0.2) is 0 Å². The Morgan fingerprint density at radius 3 is 3.04 bits per heavy atom. The molecule has 2 aromatic heterocycles. The number of amides is 1. The summed E-state index contributed by atoms with van der Waals surface area (Å²) in [7, 11) is 1.52. The van der Waals surface area contributed by atoms with Gasteiger partial charge in [0.1, 0.15) is 12.3 Å². The smallest absolute Gasteiger partial charge is 0.248 e. The van der Waals surface area contributed by atoms with E-state index in [4.69, 9.17) is 16.3 Å². The number of nitrogens with zero attached hydrogens (tertiary/aromatic N) is 4. The van der Waals surface area contributed by atoms with Crippen LogP contribution in [-0.4, -0.2) is 33.2 Å². The predicted molar refractivity (Wildman–Crippen MR) is 87.8 cm³/mol. The van der Waals surface area contributed by atoms with E-state index in [0.717, 1.165) is 5.56 Å². The Morgan fingerprint density at radius 1 is 1.43 bits per heavy atom. The van der Waals surface area contributed by atoms with Crippen LogP contribution >= 0.6 is 22.9 Å². The fraction of sp³-hybridized carbons (Fsp3) is 0.143. The van der Waals surface area contributed by atoms with Crippen molar-refractivity contribution in [3.63, 3.8) is 0 Å². The molecule has 0 bridgehead atoms. The van der Waals surface area contributed by atoms with Gasteiger partial charge in [-0.2, -0.15) is 16.1 Å². The van der Waals surface area contributed by atoms with Crippen LogP contribution in [0.5, 0.6) is 5.75 Å². The van der Waals surface area contributed by atoms with Gasteiger partial charge in [0.2, 0.25) is 11.7 Å². The van der Waals surface area contributed by atoms with Crippen LogP contribution in [0.2, 0.25) is 5.02 Å². The average Bonchev–Trinajstić information content (AvgIpc) is 3.18. The van der Waals surface area contributed by atoms with E-state index in [1.54, 1.807) is 29.5 Å². The number of hydrogen-bond donors (Lipinski definition) is 1. The molecule has 1 amide bonds. The van der Waals surface area contributed by atoms with E-state index >= 15 is 0 Å². The predicted octanol–water partition coefficient (Wildman–Crippen LogP) is 2.70. The van der Waals surface area contributed by atoms with Crippen LogP contribution in [0.1, 0.15) is 0 Å². The van der Waals surface area contributed by atoms with Crippen molar-refractivity contribution in [2.45, 2.75) is 6.54 Å². The van der Waals surface area contributed by atoms with Crippen molar-refractivity contribution in [3.8, 4) is 17.1 Å². The topological polar surface area (TPSA) is 81.9 Å². The van der Waals surface area contributed by atoms with Gasteiger partial charge >= 0.3 is 0 Å². The van der Waals surface area contributed by atoms with Crippen molar-refractivity contribution in [2.75, 3.05) is 12.4 Å². The molecule has 2 heterocycles. The zero-order valence-electron chi connectivity index (χ0n) is 12.1. The first-order valence-corrected chi connectivity index (χ1v) is 7.91. The second kappa shape index (κ2) is 6.76. The van der Waals surface area contributed by atoms with Crippen LogP contribution in [0.3, 0.4) is 0 Å². The summed E-state index contributed by atoms with van der Waals surface area (Å²) in [5, 5.41) is 19.0. The van der Waals surface area contributed by atoms with Gasteiger partial charge in [0.05, 0.1) is 12.8 Å². The van der Waals surface area contributed by atoms with Crippen LogP contribution in [-0.2, 0) is 11.3 Å². The number of rotatable bonds is 5. The summed E-state index contributed by atoms with van der Waals surface area (Å²) < 4.78 is 5.18. The van der Waals surface area contributed by atoms with Crippen molar-refractivity contribution in [1.82, 2.24) is 20.2 Å². The lowest BCUT2D eigenvalue weighted by Gasteiger charge is -2.10. The molecule has 23 heavy (non-hydrogen) atoms. The number of anilines is 1. The molecule has 0 spiro atoms. The second-order valence-electron chi connectivity index (χ2n) is 4.55. The summed E-state index contributed by atoms with van der Waals surface area (Å²) in [5.41, 5.74) is 1.36. The molecule has 1 N–H and O–H groups in total. The molecule has 0 saturated carbocycles. The molecule has 0 saturated heterocycles. The number of methoxy groups -OCH3 is 1. The zero-order chi connectivity index (χ0) is 16.2. The molecule has 7 nitrogen and oxygen atoms in total. The maximum Gasteiger partial charge on any atom is 0.248 e. The normalized spacial score (nSPS) is 10.5. The fourth-order valence-electron chi connectivity index (χ4n) is 1.91. The van der Waals surface area contributed by atoms with E-state index in [1.807, 2.05) is 16.8 Å². The number of nitrogens with one attached hydrogen (secondary N) is 1. The standard InChI is InChI=1S/C14H12ClN5O2S/c1-22-12-3-2-10(15)6-11(12)16-13(21)7-20-18-14(17-19-20)9-4-5-23-8-9/h2-6,8H,7H2,1H3,(H,16,21). The fourth-order valence-corrected chi connectivity index (χ4v) is 2.72. The highest BCUT2D eigenvalue weighted by atomic mass is 35.5. The molecular weight excluding hydrogens is 338 g/mol. The molecule has 0 unspecified atom stereocenters. The minimum atomic E-state index is -0.306. The van der Waals surface area contributed by atoms with Crippen LogP contribution in [0.25, 0.3) is 11.4 Å². The zero-order valence-corrected chi connectivity index (χ0v) is 13.6. The van der Waals surface area contributed by atoms with E-state index in [1.165, 1.54) is 11.9 Å². The number of aromatic nitrogens is 4. The SMILES string of the molecule is COc1ccc(Cl)cc1NC(=O)Cn1nnc(-c2ccsc2)n1. The number of thiophene rings is 1. The molecule has 0 radical (unpaired) electrons. The Morgan fingerprint density at radius 2 is 2.30 bits per heavy atom. The summed E-state index contributed by atoms with van der Waals surface area (Å²) in [6, 6.07) is 6.87. The second-order valence-corrected chi connectivity index (χ2v) is 5.76. The maximum atomic E-state index is 12.1. The van der Waals surface area contributed by atoms with Gasteiger partial charge in [0.25, 0.3) is 0 Å². The molecule has 0 aliphatic heterocycles.